The van der Waals surface area contributed by atoms with Gasteiger partial charge in [-0.15, -0.1) is 12.4 Å². The van der Waals surface area contributed by atoms with E-state index in [4.69, 9.17) is 11.6 Å². The first-order valence-electron chi connectivity index (χ1n) is 8.72. The van der Waals surface area contributed by atoms with E-state index in [9.17, 15) is 14.0 Å². The van der Waals surface area contributed by atoms with Crippen molar-refractivity contribution in [3.63, 3.8) is 0 Å². The molecule has 0 spiro atoms. The Hall–Kier alpha value is -1.37. The predicted octanol–water partition coefficient (Wildman–Crippen LogP) is 2.57. The van der Waals surface area contributed by atoms with Crippen LogP contribution in [-0.2, 0) is 4.79 Å². The number of carbonyl (C=O) groups excluding carboxylic acids is 2. The van der Waals surface area contributed by atoms with E-state index < -0.39 is 5.82 Å². The number of halogens is 3. The molecule has 2 amide bonds. The molecule has 1 aromatic rings. The number of hydrogen-bond donors (Lipinski definition) is 1. The van der Waals surface area contributed by atoms with Crippen molar-refractivity contribution in [3.8, 4) is 0 Å². The topological polar surface area (TPSA) is 52.7 Å². The summed E-state index contributed by atoms with van der Waals surface area (Å²) < 4.78 is 13.9. The summed E-state index contributed by atoms with van der Waals surface area (Å²) in [6.45, 7) is 4.80. The van der Waals surface area contributed by atoms with Gasteiger partial charge in [0.25, 0.3) is 5.91 Å². The highest BCUT2D eigenvalue weighted by molar-refractivity contribution is 6.30. The Bertz CT molecular complexity index is 666. The molecule has 2 aliphatic rings. The number of carbonyl (C=O) groups is 2. The molecule has 5 nitrogen and oxygen atoms in total. The molecule has 0 radical (unpaired) electrons. The van der Waals surface area contributed by atoms with E-state index in [0.717, 1.165) is 25.5 Å². The maximum Gasteiger partial charge on any atom is 0.256 e. The summed E-state index contributed by atoms with van der Waals surface area (Å²) in [5.74, 6) is -0.721. The monoisotopic (exact) mass is 403 g/mol. The van der Waals surface area contributed by atoms with Gasteiger partial charge in [-0.2, -0.15) is 0 Å². The SMILES string of the molecule is C[C@H]1C[C@@H](C(=O)N2CCN(C(=O)c3ccc(Cl)cc3F)CC2)CCN1.Cl. The van der Waals surface area contributed by atoms with Crippen LogP contribution in [0.1, 0.15) is 30.1 Å². The quantitative estimate of drug-likeness (QED) is 0.825. The van der Waals surface area contributed by atoms with Crippen molar-refractivity contribution >= 4 is 35.8 Å². The highest BCUT2D eigenvalue weighted by Crippen LogP contribution is 2.21. The van der Waals surface area contributed by atoms with Crippen molar-refractivity contribution in [2.24, 2.45) is 5.92 Å². The maximum atomic E-state index is 13.9. The minimum Gasteiger partial charge on any atom is -0.339 e. The number of nitrogens with one attached hydrogen (secondary N) is 1. The number of hydrogen-bond acceptors (Lipinski definition) is 3. The molecule has 2 atom stereocenters. The molecule has 1 N–H and O–H groups in total. The highest BCUT2D eigenvalue weighted by Gasteiger charge is 2.31. The lowest BCUT2D eigenvalue weighted by Gasteiger charge is -2.38. The zero-order valence-corrected chi connectivity index (χ0v) is 16.3. The molecule has 0 unspecified atom stereocenters. The van der Waals surface area contributed by atoms with E-state index in [1.54, 1.807) is 4.90 Å². The number of amides is 2. The van der Waals surface area contributed by atoms with Crippen LogP contribution in [0.25, 0.3) is 0 Å². The summed E-state index contributed by atoms with van der Waals surface area (Å²) in [6, 6.07) is 4.43. The van der Waals surface area contributed by atoms with Gasteiger partial charge < -0.3 is 15.1 Å². The molecule has 0 aromatic heterocycles. The van der Waals surface area contributed by atoms with Crippen molar-refractivity contribution < 1.29 is 14.0 Å². The van der Waals surface area contributed by atoms with Crippen LogP contribution >= 0.6 is 24.0 Å². The largest absolute Gasteiger partial charge is 0.339 e. The predicted molar refractivity (Wildman–Crippen MR) is 101 cm³/mol. The maximum absolute atomic E-state index is 13.9. The molecular weight excluding hydrogens is 380 g/mol. The normalized spacial score (nSPS) is 23.3. The lowest BCUT2D eigenvalue weighted by molar-refractivity contribution is -0.138. The van der Waals surface area contributed by atoms with Gasteiger partial charge in [-0.25, -0.2) is 4.39 Å². The van der Waals surface area contributed by atoms with E-state index in [2.05, 4.69) is 12.2 Å². The van der Waals surface area contributed by atoms with E-state index in [1.165, 1.54) is 12.1 Å². The van der Waals surface area contributed by atoms with Gasteiger partial charge >= 0.3 is 0 Å². The zero-order chi connectivity index (χ0) is 18.0. The third kappa shape index (κ3) is 4.67. The van der Waals surface area contributed by atoms with Gasteiger partial charge in [0.15, 0.2) is 0 Å². The van der Waals surface area contributed by atoms with Crippen LogP contribution in [0, 0.1) is 11.7 Å². The minimum absolute atomic E-state index is 0. The fourth-order valence-corrected chi connectivity index (χ4v) is 3.74. The van der Waals surface area contributed by atoms with Gasteiger partial charge in [0.05, 0.1) is 5.56 Å². The molecule has 8 heteroatoms. The number of benzene rings is 1. The Labute approximate surface area is 164 Å². The van der Waals surface area contributed by atoms with Crippen LogP contribution in [0.5, 0.6) is 0 Å². The summed E-state index contributed by atoms with van der Waals surface area (Å²) in [7, 11) is 0. The molecule has 1 aromatic carbocycles. The molecule has 0 aliphatic carbocycles. The second-order valence-electron chi connectivity index (χ2n) is 6.82. The molecule has 2 saturated heterocycles. The number of piperazine rings is 1. The minimum atomic E-state index is -0.611. The molecule has 0 bridgehead atoms. The number of rotatable bonds is 2. The molecule has 3 rings (SSSR count). The lowest BCUT2D eigenvalue weighted by atomic mass is 9.92. The summed E-state index contributed by atoms with van der Waals surface area (Å²) in [6.07, 6.45) is 1.71. The third-order valence-corrected chi connectivity index (χ3v) is 5.25. The van der Waals surface area contributed by atoms with Crippen molar-refractivity contribution in [2.45, 2.75) is 25.8 Å². The Morgan fingerprint density at radius 2 is 1.85 bits per heavy atom. The molecule has 26 heavy (non-hydrogen) atoms. The molecule has 144 valence electrons. The molecular formula is C18H24Cl2FN3O2. The van der Waals surface area contributed by atoms with Crippen molar-refractivity contribution in [1.82, 2.24) is 15.1 Å². The zero-order valence-electron chi connectivity index (χ0n) is 14.7. The third-order valence-electron chi connectivity index (χ3n) is 5.01. The average molecular weight is 404 g/mol. The Morgan fingerprint density at radius 1 is 1.19 bits per heavy atom. The fourth-order valence-electron chi connectivity index (χ4n) is 3.58. The van der Waals surface area contributed by atoms with Gasteiger partial charge in [0.1, 0.15) is 5.82 Å². The highest BCUT2D eigenvalue weighted by atomic mass is 35.5. The number of nitrogens with zero attached hydrogens (tertiary/aromatic N) is 2. The van der Waals surface area contributed by atoms with Gasteiger partial charge in [-0.1, -0.05) is 11.6 Å². The molecule has 2 heterocycles. The molecule has 2 fully saturated rings. The summed E-state index contributed by atoms with van der Waals surface area (Å²) in [5.41, 5.74) is 0.0244. The first kappa shape index (κ1) is 20.9. The first-order chi connectivity index (χ1) is 12.0. The first-order valence-corrected chi connectivity index (χ1v) is 9.10. The second-order valence-corrected chi connectivity index (χ2v) is 7.25. The smallest absolute Gasteiger partial charge is 0.256 e. The number of piperidine rings is 1. The van der Waals surface area contributed by atoms with Crippen LogP contribution in [-0.4, -0.2) is 60.4 Å². The molecule has 0 saturated carbocycles. The van der Waals surface area contributed by atoms with E-state index in [0.29, 0.717) is 32.2 Å². The summed E-state index contributed by atoms with van der Waals surface area (Å²) in [4.78, 5) is 28.6. The van der Waals surface area contributed by atoms with Crippen LogP contribution in [0.4, 0.5) is 4.39 Å². The standard InChI is InChI=1S/C18H23ClFN3O2.ClH/c1-12-10-13(4-5-21-12)17(24)22-6-8-23(9-7-22)18(25)15-3-2-14(19)11-16(15)20;/h2-3,11-13,21H,4-10H2,1H3;1H/t12-,13-;/m0./s1. The van der Waals surface area contributed by atoms with Crippen LogP contribution in [0.3, 0.4) is 0 Å². The fraction of sp³-hybridized carbons (Fsp3) is 0.556. The lowest BCUT2D eigenvalue weighted by Crippen LogP contribution is -2.53. The Kier molecular flexibility index (Phi) is 7.26. The average Bonchev–Trinajstić information content (AvgIpc) is 2.61. The van der Waals surface area contributed by atoms with Crippen molar-refractivity contribution in [3.05, 3.63) is 34.6 Å². The van der Waals surface area contributed by atoms with Crippen LogP contribution in [0.15, 0.2) is 18.2 Å². The van der Waals surface area contributed by atoms with E-state index >= 15 is 0 Å². The van der Waals surface area contributed by atoms with Crippen molar-refractivity contribution in [2.75, 3.05) is 32.7 Å². The van der Waals surface area contributed by atoms with Gasteiger partial charge in [0, 0.05) is 43.2 Å². The van der Waals surface area contributed by atoms with E-state index in [1.807, 2.05) is 4.90 Å². The van der Waals surface area contributed by atoms with E-state index in [-0.39, 0.29) is 40.7 Å². The summed E-state index contributed by atoms with van der Waals surface area (Å²) >= 11 is 5.73. The van der Waals surface area contributed by atoms with Gasteiger partial charge in [0.2, 0.25) is 5.91 Å². The summed E-state index contributed by atoms with van der Waals surface area (Å²) in [5, 5.41) is 3.62. The van der Waals surface area contributed by atoms with Crippen molar-refractivity contribution in [1.29, 1.82) is 0 Å². The molecule has 2 aliphatic heterocycles. The van der Waals surface area contributed by atoms with Gasteiger partial charge in [-0.05, 0) is 44.5 Å². The van der Waals surface area contributed by atoms with Gasteiger partial charge in [-0.3, -0.25) is 9.59 Å². The second kappa shape index (κ2) is 9.02. The van der Waals surface area contributed by atoms with Crippen LogP contribution < -0.4 is 5.32 Å². The Balaban J connectivity index is 0.00000243. The van der Waals surface area contributed by atoms with Crippen LogP contribution in [0.2, 0.25) is 5.02 Å². The Morgan fingerprint density at radius 3 is 2.46 bits per heavy atom.